The van der Waals surface area contributed by atoms with E-state index in [2.05, 4.69) is 10.9 Å². The lowest BCUT2D eigenvalue weighted by atomic mass is 10.0. The van der Waals surface area contributed by atoms with E-state index in [0.717, 1.165) is 18.9 Å². The van der Waals surface area contributed by atoms with Crippen molar-refractivity contribution in [2.75, 3.05) is 5.43 Å². The Morgan fingerprint density at radius 2 is 1.80 bits per heavy atom. The van der Waals surface area contributed by atoms with Gasteiger partial charge in [0.05, 0.1) is 11.3 Å². The normalized spacial score (nSPS) is 17.8. The largest absolute Gasteiger partial charge is 0.418 e. The summed E-state index contributed by atoms with van der Waals surface area (Å²) in [6, 6.07) is 4.81. The fraction of sp³-hybridized carbons (Fsp3) is 0.462. The lowest BCUT2D eigenvalue weighted by molar-refractivity contribution is -0.139. The molecule has 1 saturated carbocycles. The van der Waals surface area contributed by atoms with Gasteiger partial charge in [0.25, 0.3) is 5.91 Å². The summed E-state index contributed by atoms with van der Waals surface area (Å²) >= 11 is 0. The lowest BCUT2D eigenvalue weighted by Gasteiger charge is -2.22. The number of alkyl halides is 3. The minimum Gasteiger partial charge on any atom is -0.380 e. The number of rotatable bonds is 3. The maximum Gasteiger partial charge on any atom is 0.418 e. The molecule has 0 radical (unpaired) electrons. The second-order valence-electron chi connectivity index (χ2n) is 4.86. The van der Waals surface area contributed by atoms with Crippen molar-refractivity contribution >= 4 is 11.6 Å². The average Bonchev–Trinajstić information content (AvgIpc) is 2.83. The molecule has 1 aliphatic carbocycles. The Morgan fingerprint density at radius 1 is 1.20 bits per heavy atom. The molecule has 0 saturated heterocycles. The Labute approximate surface area is 114 Å². The first-order valence-corrected chi connectivity index (χ1v) is 6.28. The van der Waals surface area contributed by atoms with Gasteiger partial charge >= 0.3 is 6.18 Å². The average molecular weight is 288 g/mol. The van der Waals surface area contributed by atoms with Crippen LogP contribution in [0.25, 0.3) is 0 Å². The molecule has 0 aromatic heterocycles. The molecule has 1 amide bonds. The molecule has 0 bridgehead atoms. The molecule has 3 N–H and O–H groups in total. The number of benzene rings is 1. The van der Waals surface area contributed by atoms with Crippen LogP contribution in [0.3, 0.4) is 0 Å². The van der Waals surface area contributed by atoms with E-state index in [0.29, 0.717) is 12.8 Å². The van der Waals surface area contributed by atoms with Gasteiger partial charge in [-0.15, -0.1) is 0 Å². The van der Waals surface area contributed by atoms with Crippen LogP contribution < -0.4 is 10.9 Å². The van der Waals surface area contributed by atoms with E-state index in [-0.39, 0.29) is 5.69 Å². The van der Waals surface area contributed by atoms with Gasteiger partial charge in [0.1, 0.15) is 5.60 Å². The molecule has 1 aliphatic rings. The van der Waals surface area contributed by atoms with E-state index in [1.54, 1.807) is 0 Å². The molecule has 20 heavy (non-hydrogen) atoms. The van der Waals surface area contributed by atoms with Crippen molar-refractivity contribution in [1.82, 2.24) is 5.43 Å². The SMILES string of the molecule is O=C(NNc1ccccc1C(F)(F)F)C1(O)CCCC1. The van der Waals surface area contributed by atoms with Crippen molar-refractivity contribution in [2.45, 2.75) is 37.5 Å². The summed E-state index contributed by atoms with van der Waals surface area (Å²) in [5.74, 6) is -0.702. The molecular formula is C13H15F3N2O2. The first kappa shape index (κ1) is 14.6. The molecule has 0 aliphatic heterocycles. The van der Waals surface area contributed by atoms with E-state index < -0.39 is 23.2 Å². The van der Waals surface area contributed by atoms with Gasteiger partial charge < -0.3 is 5.11 Å². The van der Waals surface area contributed by atoms with Crippen molar-refractivity contribution in [2.24, 2.45) is 0 Å². The van der Waals surface area contributed by atoms with E-state index in [1.807, 2.05) is 0 Å². The highest BCUT2D eigenvalue weighted by Gasteiger charge is 2.39. The van der Waals surface area contributed by atoms with Gasteiger partial charge in [-0.05, 0) is 37.8 Å². The number of para-hydroxylation sites is 1. The Kier molecular flexibility index (Phi) is 3.89. The fourth-order valence-electron chi connectivity index (χ4n) is 2.27. The summed E-state index contributed by atoms with van der Waals surface area (Å²) in [5, 5.41) is 9.99. The van der Waals surface area contributed by atoms with Crippen LogP contribution in [0.15, 0.2) is 24.3 Å². The topological polar surface area (TPSA) is 61.4 Å². The number of halogens is 3. The monoisotopic (exact) mass is 288 g/mol. The Balaban J connectivity index is 2.06. The summed E-state index contributed by atoms with van der Waals surface area (Å²) < 4.78 is 38.2. The van der Waals surface area contributed by atoms with E-state index in [9.17, 15) is 23.1 Å². The maximum atomic E-state index is 12.7. The highest BCUT2D eigenvalue weighted by Crippen LogP contribution is 2.34. The smallest absolute Gasteiger partial charge is 0.380 e. The van der Waals surface area contributed by atoms with Crippen LogP contribution in [-0.2, 0) is 11.0 Å². The number of aliphatic hydroxyl groups is 1. The van der Waals surface area contributed by atoms with Crippen molar-refractivity contribution < 1.29 is 23.1 Å². The molecule has 0 spiro atoms. The van der Waals surface area contributed by atoms with Gasteiger partial charge in [0.15, 0.2) is 0 Å². The molecule has 4 nitrogen and oxygen atoms in total. The molecule has 0 unspecified atom stereocenters. The predicted molar refractivity (Wildman–Crippen MR) is 66.6 cm³/mol. The second-order valence-corrected chi connectivity index (χ2v) is 4.86. The quantitative estimate of drug-likeness (QED) is 0.749. The van der Waals surface area contributed by atoms with Crippen LogP contribution in [-0.4, -0.2) is 16.6 Å². The predicted octanol–water partition coefficient (Wildman–Crippen LogP) is 2.45. The van der Waals surface area contributed by atoms with E-state index in [1.165, 1.54) is 18.2 Å². The number of hydrazine groups is 1. The highest BCUT2D eigenvalue weighted by atomic mass is 19.4. The second kappa shape index (κ2) is 5.32. The molecule has 1 aromatic rings. The molecule has 1 fully saturated rings. The minimum atomic E-state index is -4.52. The van der Waals surface area contributed by atoms with Crippen LogP contribution in [0.2, 0.25) is 0 Å². The van der Waals surface area contributed by atoms with Crippen LogP contribution in [0.4, 0.5) is 18.9 Å². The summed E-state index contributed by atoms with van der Waals surface area (Å²) in [5.41, 5.74) is 1.78. The summed E-state index contributed by atoms with van der Waals surface area (Å²) in [6.45, 7) is 0. The van der Waals surface area contributed by atoms with E-state index >= 15 is 0 Å². The van der Waals surface area contributed by atoms with Crippen LogP contribution in [0, 0.1) is 0 Å². The number of hydrogen-bond donors (Lipinski definition) is 3. The van der Waals surface area contributed by atoms with Crippen LogP contribution in [0.5, 0.6) is 0 Å². The highest BCUT2D eigenvalue weighted by molar-refractivity contribution is 5.86. The number of amides is 1. The first-order valence-electron chi connectivity index (χ1n) is 6.28. The Hall–Kier alpha value is -1.76. The minimum absolute atomic E-state index is 0.255. The number of hydrogen-bond acceptors (Lipinski definition) is 3. The summed E-state index contributed by atoms with van der Waals surface area (Å²) in [6.07, 6.45) is -2.42. The molecule has 110 valence electrons. The molecule has 0 heterocycles. The third-order valence-corrected chi connectivity index (χ3v) is 3.40. The Morgan fingerprint density at radius 3 is 2.40 bits per heavy atom. The third-order valence-electron chi connectivity index (χ3n) is 3.40. The Bertz CT molecular complexity index is 497. The fourth-order valence-corrected chi connectivity index (χ4v) is 2.27. The van der Waals surface area contributed by atoms with Crippen molar-refractivity contribution in [3.8, 4) is 0 Å². The maximum absolute atomic E-state index is 12.7. The van der Waals surface area contributed by atoms with Crippen molar-refractivity contribution in [3.05, 3.63) is 29.8 Å². The van der Waals surface area contributed by atoms with Crippen LogP contribution >= 0.6 is 0 Å². The molecule has 0 atom stereocenters. The van der Waals surface area contributed by atoms with Gasteiger partial charge in [-0.2, -0.15) is 13.2 Å². The summed E-state index contributed by atoms with van der Waals surface area (Å²) in [4.78, 5) is 11.8. The standard InChI is InChI=1S/C13H15F3N2O2/c14-13(15,16)9-5-1-2-6-10(9)17-18-11(19)12(20)7-3-4-8-12/h1-2,5-6,17,20H,3-4,7-8H2,(H,18,19). The number of nitrogens with one attached hydrogen (secondary N) is 2. The number of carbonyl (C=O) groups excluding carboxylic acids is 1. The molecule has 2 rings (SSSR count). The number of anilines is 1. The zero-order valence-electron chi connectivity index (χ0n) is 10.6. The zero-order valence-corrected chi connectivity index (χ0v) is 10.6. The molecule has 7 heteroatoms. The third kappa shape index (κ3) is 3.04. The molecular weight excluding hydrogens is 273 g/mol. The van der Waals surface area contributed by atoms with Gasteiger partial charge in [-0.3, -0.25) is 15.6 Å². The summed E-state index contributed by atoms with van der Waals surface area (Å²) in [7, 11) is 0. The van der Waals surface area contributed by atoms with Gasteiger partial charge in [0.2, 0.25) is 0 Å². The lowest BCUT2D eigenvalue weighted by Crippen LogP contribution is -2.47. The van der Waals surface area contributed by atoms with Crippen LogP contribution in [0.1, 0.15) is 31.2 Å². The van der Waals surface area contributed by atoms with Crippen molar-refractivity contribution in [1.29, 1.82) is 0 Å². The van der Waals surface area contributed by atoms with E-state index in [4.69, 9.17) is 0 Å². The van der Waals surface area contributed by atoms with Crippen molar-refractivity contribution in [3.63, 3.8) is 0 Å². The van der Waals surface area contributed by atoms with Gasteiger partial charge in [0, 0.05) is 0 Å². The van der Waals surface area contributed by atoms with Gasteiger partial charge in [-0.1, -0.05) is 12.1 Å². The molecule has 1 aromatic carbocycles. The number of carbonyl (C=O) groups is 1. The first-order chi connectivity index (χ1) is 9.33. The zero-order chi connectivity index (χ0) is 14.8. The van der Waals surface area contributed by atoms with Gasteiger partial charge in [-0.25, -0.2) is 0 Å².